The minimum absolute atomic E-state index is 0.103. The van der Waals surface area contributed by atoms with Crippen molar-refractivity contribution in [1.29, 1.82) is 0 Å². The molecule has 1 saturated heterocycles. The summed E-state index contributed by atoms with van der Waals surface area (Å²) in [6.45, 7) is 3.21. The molecule has 2 rings (SSSR count). The summed E-state index contributed by atoms with van der Waals surface area (Å²) in [5.41, 5.74) is 0.598. The second-order valence-electron chi connectivity index (χ2n) is 4.78. The van der Waals surface area contributed by atoms with Crippen molar-refractivity contribution >= 4 is 17.9 Å². The summed E-state index contributed by atoms with van der Waals surface area (Å²) in [6.07, 6.45) is 1.36. The van der Waals surface area contributed by atoms with Gasteiger partial charge < -0.3 is 24.8 Å². The molecule has 1 heterocycles. The van der Waals surface area contributed by atoms with E-state index in [1.165, 1.54) is 0 Å². The van der Waals surface area contributed by atoms with E-state index in [1.807, 2.05) is 0 Å². The van der Waals surface area contributed by atoms with Crippen molar-refractivity contribution in [2.45, 2.75) is 25.9 Å². The standard InChI is InChI=1S/C15H20N2O5/c1-2-20-15(19)22-12-7-5-11(6-8-12)17-14(18)16-10-13-4-3-9-21-13/h5-8,13H,2-4,9-10H2,1H3,(H2,16,17,18). The number of anilines is 1. The zero-order valence-corrected chi connectivity index (χ0v) is 12.5. The fraction of sp³-hybridized carbons (Fsp3) is 0.467. The Hall–Kier alpha value is -2.28. The molecule has 0 bridgehead atoms. The van der Waals surface area contributed by atoms with Gasteiger partial charge in [-0.2, -0.15) is 0 Å². The summed E-state index contributed by atoms with van der Waals surface area (Å²) in [6, 6.07) is 6.13. The molecule has 2 N–H and O–H groups in total. The molecule has 120 valence electrons. The van der Waals surface area contributed by atoms with Crippen molar-refractivity contribution in [1.82, 2.24) is 5.32 Å². The molecule has 1 aromatic rings. The molecule has 1 aliphatic rings. The molecule has 1 aliphatic heterocycles. The lowest BCUT2D eigenvalue weighted by molar-refractivity contribution is 0.104. The zero-order valence-electron chi connectivity index (χ0n) is 12.5. The first-order valence-electron chi connectivity index (χ1n) is 7.28. The van der Waals surface area contributed by atoms with E-state index < -0.39 is 6.16 Å². The van der Waals surface area contributed by atoms with Gasteiger partial charge >= 0.3 is 12.2 Å². The molecule has 1 atom stereocenters. The molecule has 0 aromatic heterocycles. The molecule has 7 nitrogen and oxygen atoms in total. The second kappa shape index (κ2) is 8.23. The fourth-order valence-electron chi connectivity index (χ4n) is 2.04. The predicted molar refractivity (Wildman–Crippen MR) is 80.1 cm³/mol. The molecule has 1 unspecified atom stereocenters. The van der Waals surface area contributed by atoms with E-state index in [4.69, 9.17) is 9.47 Å². The zero-order chi connectivity index (χ0) is 15.8. The topological polar surface area (TPSA) is 85.9 Å². The SMILES string of the molecule is CCOC(=O)Oc1ccc(NC(=O)NCC2CCCO2)cc1. The Morgan fingerprint density at radius 3 is 2.73 bits per heavy atom. The smallest absolute Gasteiger partial charge is 0.434 e. The van der Waals surface area contributed by atoms with Gasteiger partial charge in [-0.3, -0.25) is 0 Å². The number of ether oxygens (including phenoxy) is 3. The Morgan fingerprint density at radius 2 is 2.09 bits per heavy atom. The second-order valence-corrected chi connectivity index (χ2v) is 4.78. The Morgan fingerprint density at radius 1 is 1.32 bits per heavy atom. The fourth-order valence-corrected chi connectivity index (χ4v) is 2.04. The third-order valence-corrected chi connectivity index (χ3v) is 3.09. The van der Waals surface area contributed by atoms with Gasteiger partial charge in [0.25, 0.3) is 0 Å². The average molecular weight is 308 g/mol. The van der Waals surface area contributed by atoms with Crippen molar-refractivity contribution in [2.75, 3.05) is 25.1 Å². The lowest BCUT2D eigenvalue weighted by Gasteiger charge is -2.12. The summed E-state index contributed by atoms with van der Waals surface area (Å²) < 4.78 is 15.0. The maximum atomic E-state index is 11.7. The van der Waals surface area contributed by atoms with Crippen LogP contribution in [0.3, 0.4) is 0 Å². The van der Waals surface area contributed by atoms with Crippen molar-refractivity contribution in [2.24, 2.45) is 0 Å². The van der Waals surface area contributed by atoms with Crippen LogP contribution >= 0.6 is 0 Å². The Balaban J connectivity index is 1.75. The minimum atomic E-state index is -0.752. The third-order valence-electron chi connectivity index (χ3n) is 3.09. The maximum absolute atomic E-state index is 11.7. The van der Waals surface area contributed by atoms with Crippen LogP contribution in [0.5, 0.6) is 5.75 Å². The van der Waals surface area contributed by atoms with Crippen molar-refractivity contribution in [3.63, 3.8) is 0 Å². The number of benzene rings is 1. The van der Waals surface area contributed by atoms with E-state index in [9.17, 15) is 9.59 Å². The van der Waals surface area contributed by atoms with Gasteiger partial charge in [-0.25, -0.2) is 9.59 Å². The van der Waals surface area contributed by atoms with E-state index in [1.54, 1.807) is 31.2 Å². The molecule has 0 saturated carbocycles. The van der Waals surface area contributed by atoms with Gasteiger partial charge in [-0.1, -0.05) is 0 Å². The Bertz CT molecular complexity index is 497. The highest BCUT2D eigenvalue weighted by molar-refractivity contribution is 5.89. The van der Waals surface area contributed by atoms with Crippen LogP contribution in [0.2, 0.25) is 0 Å². The molecule has 1 fully saturated rings. The largest absolute Gasteiger partial charge is 0.513 e. The van der Waals surface area contributed by atoms with Crippen LogP contribution in [0.1, 0.15) is 19.8 Å². The first kappa shape index (κ1) is 16.1. The van der Waals surface area contributed by atoms with E-state index in [-0.39, 0.29) is 18.7 Å². The quantitative estimate of drug-likeness (QED) is 0.645. The number of hydrogen-bond donors (Lipinski definition) is 2. The van der Waals surface area contributed by atoms with Crippen LogP contribution in [0, 0.1) is 0 Å². The first-order valence-corrected chi connectivity index (χ1v) is 7.28. The van der Waals surface area contributed by atoms with Crippen molar-refractivity contribution < 1.29 is 23.8 Å². The molecule has 1 aromatic carbocycles. The molecule has 0 radical (unpaired) electrons. The van der Waals surface area contributed by atoms with Gasteiger partial charge in [0.2, 0.25) is 0 Å². The summed E-state index contributed by atoms with van der Waals surface area (Å²) >= 11 is 0. The summed E-state index contributed by atoms with van der Waals surface area (Å²) in [4.78, 5) is 22.9. The van der Waals surface area contributed by atoms with Crippen LogP contribution in [-0.4, -0.2) is 38.0 Å². The molecular weight excluding hydrogens is 288 g/mol. The lowest BCUT2D eigenvalue weighted by atomic mass is 10.2. The molecule has 7 heteroatoms. The van der Waals surface area contributed by atoms with Crippen LogP contribution in [0.15, 0.2) is 24.3 Å². The van der Waals surface area contributed by atoms with Crippen LogP contribution in [0.25, 0.3) is 0 Å². The number of carbonyl (C=O) groups is 2. The van der Waals surface area contributed by atoms with Crippen molar-refractivity contribution in [3.05, 3.63) is 24.3 Å². The van der Waals surface area contributed by atoms with E-state index in [2.05, 4.69) is 15.4 Å². The van der Waals surface area contributed by atoms with Gasteiger partial charge in [0.1, 0.15) is 5.75 Å². The van der Waals surface area contributed by atoms with E-state index >= 15 is 0 Å². The maximum Gasteiger partial charge on any atom is 0.513 e. The van der Waals surface area contributed by atoms with E-state index in [0.29, 0.717) is 18.0 Å². The summed E-state index contributed by atoms with van der Waals surface area (Å²) in [7, 11) is 0. The number of urea groups is 1. The van der Waals surface area contributed by atoms with Crippen LogP contribution < -0.4 is 15.4 Å². The lowest BCUT2D eigenvalue weighted by Crippen LogP contribution is -2.34. The predicted octanol–water partition coefficient (Wildman–Crippen LogP) is 2.52. The summed E-state index contributed by atoms with van der Waals surface area (Å²) in [5, 5.41) is 5.45. The highest BCUT2D eigenvalue weighted by Crippen LogP contribution is 2.16. The van der Waals surface area contributed by atoms with Gasteiger partial charge in [-0.05, 0) is 44.0 Å². The number of nitrogens with one attached hydrogen (secondary N) is 2. The molecule has 0 spiro atoms. The third kappa shape index (κ3) is 5.25. The van der Waals surface area contributed by atoms with Gasteiger partial charge in [0.15, 0.2) is 0 Å². The first-order chi connectivity index (χ1) is 10.7. The van der Waals surface area contributed by atoms with E-state index in [0.717, 1.165) is 19.4 Å². The number of amides is 2. The molecule has 0 aliphatic carbocycles. The highest BCUT2D eigenvalue weighted by atomic mass is 16.7. The van der Waals surface area contributed by atoms with Crippen LogP contribution in [0.4, 0.5) is 15.3 Å². The highest BCUT2D eigenvalue weighted by Gasteiger charge is 2.16. The van der Waals surface area contributed by atoms with Crippen molar-refractivity contribution in [3.8, 4) is 5.75 Å². The number of carbonyl (C=O) groups excluding carboxylic acids is 2. The van der Waals surface area contributed by atoms with Gasteiger partial charge in [0.05, 0.1) is 12.7 Å². The minimum Gasteiger partial charge on any atom is -0.434 e. The average Bonchev–Trinajstić information content (AvgIpc) is 3.01. The number of hydrogen-bond acceptors (Lipinski definition) is 5. The monoisotopic (exact) mass is 308 g/mol. The van der Waals surface area contributed by atoms with Gasteiger partial charge in [0, 0.05) is 18.8 Å². The van der Waals surface area contributed by atoms with Gasteiger partial charge in [-0.15, -0.1) is 0 Å². The summed E-state index contributed by atoms with van der Waals surface area (Å²) in [5.74, 6) is 0.351. The normalized spacial score (nSPS) is 16.9. The molecular formula is C15H20N2O5. The number of rotatable bonds is 5. The van der Waals surface area contributed by atoms with Crippen LogP contribution in [-0.2, 0) is 9.47 Å². The molecule has 2 amide bonds. The Kier molecular flexibility index (Phi) is 6.02. The molecule has 22 heavy (non-hydrogen) atoms. The Labute approximate surface area is 128 Å².